The van der Waals surface area contributed by atoms with Crippen LogP contribution in [-0.4, -0.2) is 52.7 Å². The molecular weight excluding hydrogens is 322 g/mol. The molecule has 2 aliphatic carbocycles. The van der Waals surface area contributed by atoms with E-state index in [0.29, 0.717) is 12.3 Å². The Balaban J connectivity index is 1.54. The van der Waals surface area contributed by atoms with E-state index >= 15 is 0 Å². The van der Waals surface area contributed by atoms with E-state index in [1.54, 1.807) is 0 Å². The Morgan fingerprint density at radius 2 is 1.92 bits per heavy atom. The van der Waals surface area contributed by atoms with Crippen LogP contribution in [0.1, 0.15) is 51.9 Å². The first-order valence-corrected chi connectivity index (χ1v) is 9.12. The number of nitrogens with one attached hydrogen (secondary N) is 1. The molecule has 1 saturated heterocycles. The average Bonchev–Trinajstić information content (AvgIpc) is 3.42. The molecule has 1 N–H and O–H groups in total. The van der Waals surface area contributed by atoms with Gasteiger partial charge >= 0.3 is 17.8 Å². The fourth-order valence-electron chi connectivity index (χ4n) is 3.43. The summed E-state index contributed by atoms with van der Waals surface area (Å²) in [4.78, 5) is 50.3. The normalized spacial score (nSPS) is 22.3. The van der Waals surface area contributed by atoms with E-state index in [1.165, 1.54) is 12.0 Å². The van der Waals surface area contributed by atoms with Gasteiger partial charge in [0.25, 0.3) is 0 Å². The van der Waals surface area contributed by atoms with Crippen molar-refractivity contribution in [2.45, 2.75) is 57.9 Å². The summed E-state index contributed by atoms with van der Waals surface area (Å²) in [5.41, 5.74) is 1.23. The molecule has 25 heavy (non-hydrogen) atoms. The van der Waals surface area contributed by atoms with Crippen LogP contribution in [0.3, 0.4) is 0 Å². The predicted octanol–water partition coefficient (Wildman–Crippen LogP) is 1.58. The molecule has 0 unspecified atom stereocenters. The number of amides is 5. The fraction of sp³-hybridized carbons (Fsp3) is 0.667. The summed E-state index contributed by atoms with van der Waals surface area (Å²) in [6.07, 6.45) is 9.24. The van der Waals surface area contributed by atoms with Crippen LogP contribution in [0.15, 0.2) is 11.6 Å². The van der Waals surface area contributed by atoms with Gasteiger partial charge in [-0.15, -0.1) is 0 Å². The largest absolute Gasteiger partial charge is 0.352 e. The zero-order valence-corrected chi connectivity index (χ0v) is 14.6. The number of imide groups is 2. The van der Waals surface area contributed by atoms with Gasteiger partial charge in [-0.2, -0.15) is 0 Å². The second-order valence-electron chi connectivity index (χ2n) is 7.18. The SMILES string of the molecule is C[C@H](NC(=O)CN1C(=O)C(=O)N(CCC2=CCCCC2)C1=O)C1CC1. The zero-order valence-electron chi connectivity index (χ0n) is 14.6. The lowest BCUT2D eigenvalue weighted by atomic mass is 9.97. The Kier molecular flexibility index (Phi) is 5.20. The van der Waals surface area contributed by atoms with Crippen molar-refractivity contribution < 1.29 is 19.2 Å². The Labute approximate surface area is 147 Å². The smallest absolute Gasteiger partial charge is 0.334 e. The van der Waals surface area contributed by atoms with Gasteiger partial charge in [-0.05, 0) is 57.8 Å². The maximum atomic E-state index is 12.4. The molecule has 0 radical (unpaired) electrons. The van der Waals surface area contributed by atoms with Crippen LogP contribution in [0, 0.1) is 5.92 Å². The molecule has 7 nitrogen and oxygen atoms in total. The standard InChI is InChI=1S/C18H25N3O4/c1-12(14-7-8-14)19-15(22)11-21-17(24)16(23)20(18(21)25)10-9-13-5-3-2-4-6-13/h5,12,14H,2-4,6-11H2,1H3,(H,19,22)/t12-/m0/s1. The predicted molar refractivity (Wildman–Crippen MR) is 90.3 cm³/mol. The van der Waals surface area contributed by atoms with Crippen LogP contribution < -0.4 is 5.32 Å². The van der Waals surface area contributed by atoms with E-state index in [-0.39, 0.29) is 19.1 Å². The van der Waals surface area contributed by atoms with Crippen LogP contribution >= 0.6 is 0 Å². The van der Waals surface area contributed by atoms with E-state index in [2.05, 4.69) is 11.4 Å². The third-order valence-electron chi connectivity index (χ3n) is 5.20. The Morgan fingerprint density at radius 1 is 1.20 bits per heavy atom. The van der Waals surface area contributed by atoms with Crippen LogP contribution in [-0.2, 0) is 14.4 Å². The highest BCUT2D eigenvalue weighted by Gasteiger charge is 2.45. The van der Waals surface area contributed by atoms with Crippen molar-refractivity contribution in [3.63, 3.8) is 0 Å². The van der Waals surface area contributed by atoms with Gasteiger partial charge in [0.1, 0.15) is 6.54 Å². The van der Waals surface area contributed by atoms with E-state index in [1.807, 2.05) is 6.92 Å². The zero-order chi connectivity index (χ0) is 18.0. The lowest BCUT2D eigenvalue weighted by molar-refractivity contribution is -0.144. The minimum Gasteiger partial charge on any atom is -0.352 e. The minimum absolute atomic E-state index is 0.0327. The quantitative estimate of drug-likeness (QED) is 0.430. The molecule has 0 spiro atoms. The molecule has 3 aliphatic rings. The maximum Gasteiger partial charge on any atom is 0.334 e. The first kappa shape index (κ1) is 17.6. The average molecular weight is 347 g/mol. The van der Waals surface area contributed by atoms with Crippen molar-refractivity contribution in [3.8, 4) is 0 Å². The van der Waals surface area contributed by atoms with Crippen molar-refractivity contribution >= 4 is 23.8 Å². The van der Waals surface area contributed by atoms with Crippen LogP contribution in [0.25, 0.3) is 0 Å². The van der Waals surface area contributed by atoms with Gasteiger partial charge in [0.2, 0.25) is 5.91 Å². The lowest BCUT2D eigenvalue weighted by Gasteiger charge is -2.18. The Morgan fingerprint density at radius 3 is 2.56 bits per heavy atom. The van der Waals surface area contributed by atoms with Gasteiger partial charge < -0.3 is 5.32 Å². The number of hydrogen-bond acceptors (Lipinski definition) is 4. The summed E-state index contributed by atoms with van der Waals surface area (Å²) >= 11 is 0. The molecule has 0 aromatic heterocycles. The van der Waals surface area contributed by atoms with Gasteiger partial charge in [-0.1, -0.05) is 11.6 Å². The number of carbonyl (C=O) groups excluding carboxylic acids is 4. The van der Waals surface area contributed by atoms with E-state index < -0.39 is 23.8 Å². The molecule has 2 fully saturated rings. The van der Waals surface area contributed by atoms with Gasteiger partial charge in [-0.25, -0.2) is 9.69 Å². The van der Waals surface area contributed by atoms with Gasteiger partial charge in [0.15, 0.2) is 0 Å². The Bertz CT molecular complexity index is 624. The van der Waals surface area contributed by atoms with E-state index in [0.717, 1.165) is 41.9 Å². The number of allylic oxidation sites excluding steroid dienone is 1. The topological polar surface area (TPSA) is 86.8 Å². The monoisotopic (exact) mass is 347 g/mol. The van der Waals surface area contributed by atoms with Crippen molar-refractivity contribution in [2.75, 3.05) is 13.1 Å². The van der Waals surface area contributed by atoms with E-state index in [9.17, 15) is 19.2 Å². The summed E-state index contributed by atoms with van der Waals surface area (Å²) in [7, 11) is 0. The van der Waals surface area contributed by atoms with E-state index in [4.69, 9.17) is 0 Å². The van der Waals surface area contributed by atoms with Crippen molar-refractivity contribution in [1.29, 1.82) is 0 Å². The molecule has 0 aromatic carbocycles. The van der Waals surface area contributed by atoms with Crippen molar-refractivity contribution in [1.82, 2.24) is 15.1 Å². The summed E-state index contributed by atoms with van der Waals surface area (Å²) in [5, 5.41) is 2.80. The van der Waals surface area contributed by atoms with Crippen molar-refractivity contribution in [2.24, 2.45) is 5.92 Å². The first-order chi connectivity index (χ1) is 12.0. The number of nitrogens with zero attached hydrogens (tertiary/aromatic N) is 2. The molecule has 7 heteroatoms. The van der Waals surface area contributed by atoms with Crippen LogP contribution in [0.2, 0.25) is 0 Å². The molecule has 5 amide bonds. The lowest BCUT2D eigenvalue weighted by Crippen LogP contribution is -2.44. The summed E-state index contributed by atoms with van der Waals surface area (Å²) in [5.74, 6) is -1.65. The molecule has 1 heterocycles. The third kappa shape index (κ3) is 4.08. The Hall–Kier alpha value is -2.18. The highest BCUT2D eigenvalue weighted by molar-refractivity contribution is 6.45. The van der Waals surface area contributed by atoms with Crippen LogP contribution in [0.5, 0.6) is 0 Å². The summed E-state index contributed by atoms with van der Waals surface area (Å²) in [6, 6.07) is -0.647. The van der Waals surface area contributed by atoms with Gasteiger partial charge in [0, 0.05) is 12.6 Å². The number of rotatable bonds is 7. The molecule has 0 bridgehead atoms. The minimum atomic E-state index is -0.906. The molecule has 0 aromatic rings. The highest BCUT2D eigenvalue weighted by atomic mass is 16.2. The van der Waals surface area contributed by atoms with Gasteiger partial charge in [0.05, 0.1) is 0 Å². The molecule has 1 aliphatic heterocycles. The third-order valence-corrected chi connectivity index (χ3v) is 5.20. The first-order valence-electron chi connectivity index (χ1n) is 9.12. The summed E-state index contributed by atoms with van der Waals surface area (Å²) in [6.45, 7) is 1.73. The maximum absolute atomic E-state index is 12.4. The second kappa shape index (κ2) is 7.37. The van der Waals surface area contributed by atoms with Crippen molar-refractivity contribution in [3.05, 3.63) is 11.6 Å². The molecular formula is C18H25N3O4. The number of urea groups is 1. The summed E-state index contributed by atoms with van der Waals surface area (Å²) < 4.78 is 0. The highest BCUT2D eigenvalue weighted by Crippen LogP contribution is 2.32. The van der Waals surface area contributed by atoms with Crippen LogP contribution in [0.4, 0.5) is 4.79 Å². The molecule has 136 valence electrons. The molecule has 1 saturated carbocycles. The molecule has 3 rings (SSSR count). The molecule has 1 atom stereocenters. The fourth-order valence-corrected chi connectivity index (χ4v) is 3.43. The second-order valence-corrected chi connectivity index (χ2v) is 7.18. The van der Waals surface area contributed by atoms with Gasteiger partial charge in [-0.3, -0.25) is 19.3 Å². The number of hydrogen-bond donors (Lipinski definition) is 1. The number of carbonyl (C=O) groups is 4.